The third kappa shape index (κ3) is 5.86. The van der Waals surface area contributed by atoms with Gasteiger partial charge in [0.25, 0.3) is 11.5 Å². The molecule has 1 atom stereocenters. The largest absolute Gasteiger partial charge is 0.493 e. The number of benzene rings is 2. The lowest BCUT2D eigenvalue weighted by Crippen LogP contribution is -2.53. The third-order valence-electron chi connectivity index (χ3n) is 7.92. The summed E-state index contributed by atoms with van der Waals surface area (Å²) < 4.78 is 95.6. The number of aryl methyl sites for hydroxylation is 1. The standard InChI is InChI=1S/C30H33BrF6N2O4/c1-4-8-18-16-23-22(17-43-28(23,29(32,33)34)30(35,36)37)21(9-5-2)24(18)42-15-7-6-14-39-25(40)27(3,38-26(39)41)19-10-12-20(31)13-11-19/h10-13,16H,4-9,14-15,17H2,1-3H3,(H,38,41). The molecule has 2 heterocycles. The summed E-state index contributed by atoms with van der Waals surface area (Å²) >= 11 is 3.35. The molecular formula is C30H33BrF6N2O4. The van der Waals surface area contributed by atoms with E-state index in [9.17, 15) is 35.9 Å². The van der Waals surface area contributed by atoms with E-state index in [1.807, 2.05) is 0 Å². The average molecular weight is 679 g/mol. The molecule has 1 unspecified atom stereocenters. The van der Waals surface area contributed by atoms with Crippen LogP contribution in [-0.2, 0) is 40.1 Å². The van der Waals surface area contributed by atoms with Crippen LogP contribution in [-0.4, -0.2) is 42.3 Å². The van der Waals surface area contributed by atoms with E-state index in [0.29, 0.717) is 31.2 Å². The highest BCUT2D eigenvalue weighted by atomic mass is 79.9. The molecule has 0 bridgehead atoms. The number of amides is 3. The number of imide groups is 1. The van der Waals surface area contributed by atoms with Crippen molar-refractivity contribution >= 4 is 27.9 Å². The van der Waals surface area contributed by atoms with Crippen molar-refractivity contribution in [1.29, 1.82) is 0 Å². The van der Waals surface area contributed by atoms with Crippen molar-refractivity contribution in [3.63, 3.8) is 0 Å². The highest BCUT2D eigenvalue weighted by Gasteiger charge is 2.76. The number of unbranched alkanes of at least 4 members (excludes halogenated alkanes) is 1. The minimum atomic E-state index is -5.71. The van der Waals surface area contributed by atoms with Crippen molar-refractivity contribution in [3.05, 3.63) is 62.6 Å². The molecule has 1 fully saturated rings. The van der Waals surface area contributed by atoms with Crippen LogP contribution in [0.2, 0.25) is 0 Å². The van der Waals surface area contributed by atoms with Gasteiger partial charge >= 0.3 is 18.4 Å². The third-order valence-corrected chi connectivity index (χ3v) is 8.45. The molecular weight excluding hydrogens is 646 g/mol. The van der Waals surface area contributed by atoms with Gasteiger partial charge in [-0.3, -0.25) is 9.69 Å². The number of rotatable bonds is 11. The van der Waals surface area contributed by atoms with E-state index in [0.717, 1.165) is 15.4 Å². The van der Waals surface area contributed by atoms with E-state index in [-0.39, 0.29) is 48.4 Å². The zero-order valence-electron chi connectivity index (χ0n) is 24.0. The zero-order chi connectivity index (χ0) is 31.8. The number of hydrogen-bond donors (Lipinski definition) is 1. The molecule has 43 heavy (non-hydrogen) atoms. The minimum Gasteiger partial charge on any atom is -0.493 e. The van der Waals surface area contributed by atoms with Gasteiger partial charge in [0.15, 0.2) is 0 Å². The van der Waals surface area contributed by atoms with Crippen molar-refractivity contribution in [2.75, 3.05) is 13.2 Å². The van der Waals surface area contributed by atoms with Crippen LogP contribution >= 0.6 is 15.9 Å². The van der Waals surface area contributed by atoms with Crippen LogP contribution in [0.1, 0.15) is 74.3 Å². The van der Waals surface area contributed by atoms with Crippen molar-refractivity contribution in [2.45, 2.75) is 89.4 Å². The smallest absolute Gasteiger partial charge is 0.430 e. The summed E-state index contributed by atoms with van der Waals surface area (Å²) in [6.45, 7) is 4.54. The lowest BCUT2D eigenvalue weighted by molar-refractivity contribution is -0.385. The van der Waals surface area contributed by atoms with Crippen LogP contribution < -0.4 is 10.1 Å². The first-order chi connectivity index (χ1) is 20.1. The maximum absolute atomic E-state index is 14.0. The van der Waals surface area contributed by atoms with Crippen LogP contribution in [0.25, 0.3) is 0 Å². The first-order valence-corrected chi connectivity index (χ1v) is 14.9. The fourth-order valence-electron chi connectivity index (χ4n) is 5.76. The fourth-order valence-corrected chi connectivity index (χ4v) is 6.03. The molecule has 13 heteroatoms. The molecule has 2 aliphatic heterocycles. The number of ether oxygens (including phenoxy) is 2. The van der Waals surface area contributed by atoms with E-state index >= 15 is 0 Å². The lowest BCUT2D eigenvalue weighted by Gasteiger charge is -2.34. The molecule has 0 saturated carbocycles. The van der Waals surface area contributed by atoms with Gasteiger partial charge in [-0.15, -0.1) is 0 Å². The van der Waals surface area contributed by atoms with Crippen LogP contribution in [0.3, 0.4) is 0 Å². The van der Waals surface area contributed by atoms with Crippen LogP contribution in [0, 0.1) is 0 Å². The monoisotopic (exact) mass is 678 g/mol. The topological polar surface area (TPSA) is 67.9 Å². The van der Waals surface area contributed by atoms with Crippen molar-refractivity contribution in [1.82, 2.24) is 10.2 Å². The number of nitrogens with one attached hydrogen (secondary N) is 1. The Kier molecular flexibility index (Phi) is 9.47. The number of fused-ring (bicyclic) bond motifs is 1. The van der Waals surface area contributed by atoms with Crippen LogP contribution in [0.5, 0.6) is 5.75 Å². The summed E-state index contributed by atoms with van der Waals surface area (Å²) in [4.78, 5) is 26.9. The second kappa shape index (κ2) is 12.3. The molecule has 0 radical (unpaired) electrons. The SMILES string of the molecule is CCCc1cc2c(c(CCC)c1OCCCCN1C(=O)NC(C)(c3ccc(Br)cc3)C1=O)COC2(C(F)(F)F)C(F)(F)F. The Labute approximate surface area is 254 Å². The Morgan fingerprint density at radius 1 is 1.00 bits per heavy atom. The number of urea groups is 1. The predicted octanol–water partition coefficient (Wildman–Crippen LogP) is 7.83. The lowest BCUT2D eigenvalue weighted by atomic mass is 9.84. The molecule has 2 aromatic rings. The van der Waals surface area contributed by atoms with E-state index in [1.165, 1.54) is 0 Å². The zero-order valence-corrected chi connectivity index (χ0v) is 25.6. The van der Waals surface area contributed by atoms with Crippen molar-refractivity contribution in [2.24, 2.45) is 0 Å². The maximum atomic E-state index is 14.0. The molecule has 1 saturated heterocycles. The van der Waals surface area contributed by atoms with E-state index in [2.05, 4.69) is 26.0 Å². The quantitative estimate of drug-likeness (QED) is 0.149. The molecule has 236 valence electrons. The summed E-state index contributed by atoms with van der Waals surface area (Å²) in [6, 6.07) is 7.46. The van der Waals surface area contributed by atoms with E-state index in [4.69, 9.17) is 4.74 Å². The molecule has 3 amide bonds. The van der Waals surface area contributed by atoms with Crippen molar-refractivity contribution in [3.8, 4) is 5.75 Å². The molecule has 2 aromatic carbocycles. The number of halogens is 7. The molecule has 0 spiro atoms. The molecule has 2 aliphatic rings. The van der Waals surface area contributed by atoms with Gasteiger partial charge in [0.2, 0.25) is 0 Å². The van der Waals surface area contributed by atoms with Gasteiger partial charge in [0, 0.05) is 22.1 Å². The Morgan fingerprint density at radius 3 is 2.21 bits per heavy atom. The van der Waals surface area contributed by atoms with Gasteiger partial charge in [0.05, 0.1) is 13.2 Å². The number of hydrogen-bond acceptors (Lipinski definition) is 4. The summed E-state index contributed by atoms with van der Waals surface area (Å²) in [5, 5.41) is 2.75. The van der Waals surface area contributed by atoms with Gasteiger partial charge in [0.1, 0.15) is 11.3 Å². The average Bonchev–Trinajstić information content (AvgIpc) is 3.42. The summed E-state index contributed by atoms with van der Waals surface area (Å²) in [6.07, 6.45) is -9.31. The highest BCUT2D eigenvalue weighted by Crippen LogP contribution is 2.58. The fraction of sp³-hybridized carbons (Fsp3) is 0.533. The number of carbonyl (C=O) groups is 2. The van der Waals surface area contributed by atoms with Crippen molar-refractivity contribution < 1.29 is 45.4 Å². The molecule has 0 aliphatic carbocycles. The Hall–Kier alpha value is -2.80. The van der Waals surface area contributed by atoms with Crippen LogP contribution in [0.15, 0.2) is 34.8 Å². The maximum Gasteiger partial charge on any atom is 0.430 e. The van der Waals surface area contributed by atoms with Gasteiger partial charge < -0.3 is 14.8 Å². The predicted molar refractivity (Wildman–Crippen MR) is 149 cm³/mol. The van der Waals surface area contributed by atoms with Gasteiger partial charge in [-0.2, -0.15) is 26.3 Å². The Bertz CT molecular complexity index is 1350. The normalized spacial score (nSPS) is 20.0. The first-order valence-electron chi connectivity index (χ1n) is 14.1. The van der Waals surface area contributed by atoms with E-state index in [1.54, 1.807) is 45.0 Å². The second-order valence-corrected chi connectivity index (χ2v) is 11.8. The summed E-state index contributed by atoms with van der Waals surface area (Å²) in [5.74, 6) is -0.114. The Balaban J connectivity index is 1.51. The molecule has 1 N–H and O–H groups in total. The number of nitrogens with zero attached hydrogens (tertiary/aromatic N) is 1. The van der Waals surface area contributed by atoms with Gasteiger partial charge in [-0.25, -0.2) is 4.79 Å². The Morgan fingerprint density at radius 2 is 1.63 bits per heavy atom. The van der Waals surface area contributed by atoms with Gasteiger partial charge in [-0.05, 0) is 67.5 Å². The first kappa shape index (κ1) is 33.1. The number of alkyl halides is 6. The van der Waals surface area contributed by atoms with Gasteiger partial charge in [-0.1, -0.05) is 54.8 Å². The second-order valence-electron chi connectivity index (χ2n) is 10.9. The molecule has 0 aromatic heterocycles. The molecule has 4 rings (SSSR count). The van der Waals surface area contributed by atoms with E-state index < -0.39 is 47.6 Å². The summed E-state index contributed by atoms with van der Waals surface area (Å²) in [5.41, 5.74) is -5.49. The minimum absolute atomic E-state index is 0.0877. The summed E-state index contributed by atoms with van der Waals surface area (Å²) in [7, 11) is 0. The number of carbonyl (C=O) groups excluding carboxylic acids is 2. The van der Waals surface area contributed by atoms with Crippen LogP contribution in [0.4, 0.5) is 31.1 Å². The molecule has 6 nitrogen and oxygen atoms in total. The highest BCUT2D eigenvalue weighted by molar-refractivity contribution is 9.10.